The van der Waals surface area contributed by atoms with Crippen molar-refractivity contribution in [2.24, 2.45) is 0 Å². The van der Waals surface area contributed by atoms with E-state index in [4.69, 9.17) is 17.0 Å². The number of pyridine rings is 1. The van der Waals surface area contributed by atoms with Crippen molar-refractivity contribution >= 4 is 46.1 Å². The third kappa shape index (κ3) is 3.65. The Bertz CT molecular complexity index is 712. The summed E-state index contributed by atoms with van der Waals surface area (Å²) in [4.78, 5) is 21.0. The van der Waals surface area contributed by atoms with Crippen LogP contribution in [0.3, 0.4) is 0 Å². The fourth-order valence-corrected chi connectivity index (χ4v) is 3.59. The van der Waals surface area contributed by atoms with Gasteiger partial charge in [-0.3, -0.25) is 0 Å². The number of carbonyl (C=O) groups is 1. The van der Waals surface area contributed by atoms with Gasteiger partial charge in [0.15, 0.2) is 5.11 Å². The number of esters is 1. The Morgan fingerprint density at radius 2 is 2.08 bits per heavy atom. The number of piperazine rings is 1. The summed E-state index contributed by atoms with van der Waals surface area (Å²) in [5.74, 6) is 0.636. The fraction of sp³-hybridized carbons (Fsp3) is 0.312. The Balaban J connectivity index is 1.58. The van der Waals surface area contributed by atoms with Crippen molar-refractivity contribution in [1.29, 1.82) is 0 Å². The quantitative estimate of drug-likeness (QED) is 0.665. The summed E-state index contributed by atoms with van der Waals surface area (Å²) in [6.07, 6.45) is 1.80. The number of aromatic nitrogens is 1. The van der Waals surface area contributed by atoms with E-state index in [1.807, 2.05) is 29.6 Å². The lowest BCUT2D eigenvalue weighted by Crippen LogP contribution is -2.50. The van der Waals surface area contributed by atoms with Gasteiger partial charge in [0.2, 0.25) is 0 Å². The van der Waals surface area contributed by atoms with Crippen LogP contribution in [-0.4, -0.2) is 54.3 Å². The number of rotatable bonds is 3. The molecule has 0 aromatic carbocycles. The molecule has 0 bridgehead atoms. The lowest BCUT2D eigenvalue weighted by atomic mass is 10.3. The van der Waals surface area contributed by atoms with E-state index in [2.05, 4.69) is 20.1 Å². The van der Waals surface area contributed by atoms with Gasteiger partial charge in [0.1, 0.15) is 10.7 Å². The van der Waals surface area contributed by atoms with Gasteiger partial charge in [-0.15, -0.1) is 11.3 Å². The number of nitrogens with zero attached hydrogens (tertiary/aromatic N) is 3. The van der Waals surface area contributed by atoms with Crippen LogP contribution in [-0.2, 0) is 4.74 Å². The van der Waals surface area contributed by atoms with E-state index < -0.39 is 0 Å². The van der Waals surface area contributed by atoms with Crippen molar-refractivity contribution in [3.8, 4) is 0 Å². The molecule has 2 aromatic heterocycles. The number of hydrogen-bond acceptors (Lipinski definition) is 6. The Morgan fingerprint density at radius 3 is 2.75 bits per heavy atom. The molecule has 3 rings (SSSR count). The van der Waals surface area contributed by atoms with Gasteiger partial charge < -0.3 is 19.9 Å². The predicted molar refractivity (Wildman–Crippen MR) is 99.9 cm³/mol. The number of thiophene rings is 1. The van der Waals surface area contributed by atoms with Crippen LogP contribution in [0.5, 0.6) is 0 Å². The van der Waals surface area contributed by atoms with E-state index in [1.54, 1.807) is 6.20 Å². The average molecular weight is 362 g/mol. The molecule has 0 amide bonds. The second-order valence-corrected chi connectivity index (χ2v) is 6.55. The number of carbonyl (C=O) groups excluding carboxylic acids is 1. The maximum Gasteiger partial charge on any atom is 0.350 e. The first-order chi connectivity index (χ1) is 11.7. The minimum atomic E-state index is -0.352. The number of ether oxygens (including phenoxy) is 1. The van der Waals surface area contributed by atoms with Crippen molar-refractivity contribution in [3.63, 3.8) is 0 Å². The third-order valence-electron chi connectivity index (χ3n) is 3.82. The van der Waals surface area contributed by atoms with Gasteiger partial charge in [0.05, 0.1) is 12.8 Å². The minimum absolute atomic E-state index is 0.352. The van der Waals surface area contributed by atoms with Gasteiger partial charge in [-0.1, -0.05) is 6.07 Å². The summed E-state index contributed by atoms with van der Waals surface area (Å²) < 4.78 is 4.79. The van der Waals surface area contributed by atoms with Gasteiger partial charge in [0, 0.05) is 32.4 Å². The van der Waals surface area contributed by atoms with Crippen LogP contribution in [0.2, 0.25) is 0 Å². The van der Waals surface area contributed by atoms with E-state index in [0.29, 0.717) is 15.7 Å². The Labute approximate surface area is 150 Å². The van der Waals surface area contributed by atoms with E-state index in [9.17, 15) is 4.79 Å². The van der Waals surface area contributed by atoms with Crippen molar-refractivity contribution in [2.75, 3.05) is 43.5 Å². The highest BCUT2D eigenvalue weighted by molar-refractivity contribution is 7.80. The van der Waals surface area contributed by atoms with Crippen LogP contribution < -0.4 is 10.2 Å². The largest absolute Gasteiger partial charge is 0.465 e. The molecule has 0 unspecified atom stereocenters. The number of nitrogens with one attached hydrogen (secondary N) is 1. The normalized spacial score (nSPS) is 14.4. The molecule has 3 heterocycles. The molecule has 8 heteroatoms. The second-order valence-electron chi connectivity index (χ2n) is 5.25. The smallest absolute Gasteiger partial charge is 0.350 e. The highest BCUT2D eigenvalue weighted by Gasteiger charge is 2.21. The molecular weight excluding hydrogens is 344 g/mol. The molecule has 126 valence electrons. The Kier molecular flexibility index (Phi) is 5.27. The van der Waals surface area contributed by atoms with E-state index in [0.717, 1.165) is 32.0 Å². The van der Waals surface area contributed by atoms with Crippen LogP contribution in [0.15, 0.2) is 35.8 Å². The minimum Gasteiger partial charge on any atom is -0.465 e. The average Bonchev–Trinajstić information content (AvgIpc) is 3.10. The summed E-state index contributed by atoms with van der Waals surface area (Å²) in [5.41, 5.74) is 0.698. The standard InChI is InChI=1S/C16H18N4O2S2/c1-22-15(21)14-12(5-11-24-14)18-16(23)20-9-7-19(8-10-20)13-4-2-3-6-17-13/h2-6,11H,7-10H2,1H3,(H,18,23). The first kappa shape index (κ1) is 16.7. The number of hydrogen-bond donors (Lipinski definition) is 1. The Hall–Kier alpha value is -2.19. The SMILES string of the molecule is COC(=O)c1sccc1NC(=S)N1CCN(c2ccccn2)CC1. The summed E-state index contributed by atoms with van der Waals surface area (Å²) in [7, 11) is 1.38. The molecule has 0 radical (unpaired) electrons. The molecule has 1 fully saturated rings. The molecule has 1 N–H and O–H groups in total. The van der Waals surface area contributed by atoms with Crippen molar-refractivity contribution < 1.29 is 9.53 Å². The first-order valence-electron chi connectivity index (χ1n) is 7.57. The van der Waals surface area contributed by atoms with Gasteiger partial charge in [0.25, 0.3) is 0 Å². The molecule has 0 aliphatic carbocycles. The van der Waals surface area contributed by atoms with Crippen molar-refractivity contribution in [1.82, 2.24) is 9.88 Å². The monoisotopic (exact) mass is 362 g/mol. The molecular formula is C16H18N4O2S2. The van der Waals surface area contributed by atoms with Crippen molar-refractivity contribution in [3.05, 3.63) is 40.7 Å². The molecule has 0 saturated carbocycles. The zero-order valence-electron chi connectivity index (χ0n) is 13.3. The molecule has 2 aromatic rings. The lowest BCUT2D eigenvalue weighted by Gasteiger charge is -2.36. The Morgan fingerprint density at radius 1 is 1.29 bits per heavy atom. The van der Waals surface area contributed by atoms with Gasteiger partial charge in [-0.05, 0) is 35.8 Å². The van der Waals surface area contributed by atoms with Gasteiger partial charge in [-0.2, -0.15) is 0 Å². The van der Waals surface area contributed by atoms with Crippen molar-refractivity contribution in [2.45, 2.75) is 0 Å². The number of thiocarbonyl (C=S) groups is 1. The second kappa shape index (κ2) is 7.59. The van der Waals surface area contributed by atoms with Crippen LogP contribution in [0.25, 0.3) is 0 Å². The van der Waals surface area contributed by atoms with E-state index in [1.165, 1.54) is 18.4 Å². The molecule has 0 spiro atoms. The predicted octanol–water partition coefficient (Wildman–Crippen LogP) is 2.45. The van der Waals surface area contributed by atoms with Crippen LogP contribution in [0, 0.1) is 0 Å². The highest BCUT2D eigenvalue weighted by Crippen LogP contribution is 2.24. The first-order valence-corrected chi connectivity index (χ1v) is 8.85. The van der Waals surface area contributed by atoms with Gasteiger partial charge >= 0.3 is 5.97 Å². The number of anilines is 2. The summed E-state index contributed by atoms with van der Waals surface area (Å²) in [6, 6.07) is 7.76. The third-order valence-corrected chi connectivity index (χ3v) is 5.07. The molecule has 1 saturated heterocycles. The number of methoxy groups -OCH3 is 1. The molecule has 1 aliphatic heterocycles. The summed E-state index contributed by atoms with van der Waals surface area (Å²) in [5, 5.41) is 5.63. The maximum absolute atomic E-state index is 11.7. The lowest BCUT2D eigenvalue weighted by molar-refractivity contribution is 0.0607. The maximum atomic E-state index is 11.7. The molecule has 24 heavy (non-hydrogen) atoms. The van der Waals surface area contributed by atoms with Gasteiger partial charge in [-0.25, -0.2) is 9.78 Å². The van der Waals surface area contributed by atoms with Crippen LogP contribution in [0.4, 0.5) is 11.5 Å². The van der Waals surface area contributed by atoms with Crippen LogP contribution >= 0.6 is 23.6 Å². The zero-order chi connectivity index (χ0) is 16.9. The summed E-state index contributed by atoms with van der Waals surface area (Å²) in [6.45, 7) is 3.32. The molecule has 1 aliphatic rings. The van der Waals surface area contributed by atoms with E-state index >= 15 is 0 Å². The molecule has 6 nitrogen and oxygen atoms in total. The van der Waals surface area contributed by atoms with Crippen LogP contribution in [0.1, 0.15) is 9.67 Å². The summed E-state index contributed by atoms with van der Waals surface area (Å²) >= 11 is 6.83. The fourth-order valence-electron chi connectivity index (χ4n) is 2.53. The van der Waals surface area contributed by atoms with E-state index in [-0.39, 0.29) is 5.97 Å². The highest BCUT2D eigenvalue weighted by atomic mass is 32.1. The topological polar surface area (TPSA) is 57.7 Å². The zero-order valence-corrected chi connectivity index (χ0v) is 14.9. The molecule has 0 atom stereocenters.